The van der Waals surface area contributed by atoms with E-state index >= 15 is 0 Å². The van der Waals surface area contributed by atoms with Crippen LogP contribution >= 0.6 is 12.4 Å². The van der Waals surface area contributed by atoms with Crippen molar-refractivity contribution in [3.8, 4) is 0 Å². The number of rotatable bonds is 1. The van der Waals surface area contributed by atoms with Crippen LogP contribution in [0.1, 0.15) is 19.8 Å². The third-order valence-electron chi connectivity index (χ3n) is 2.67. The lowest BCUT2D eigenvalue weighted by molar-refractivity contribution is -0.273. The highest BCUT2D eigenvalue weighted by Crippen LogP contribution is 2.38. The average Bonchev–Trinajstić information content (AvgIpc) is 2.04. The Balaban J connectivity index is 0.00000169. The van der Waals surface area contributed by atoms with Gasteiger partial charge in [0.2, 0.25) is 0 Å². The summed E-state index contributed by atoms with van der Waals surface area (Å²) in [6.45, 7) is 1.83. The molecule has 1 fully saturated rings. The van der Waals surface area contributed by atoms with Gasteiger partial charge in [-0.05, 0) is 26.3 Å². The number of halogens is 4. The summed E-state index contributed by atoms with van der Waals surface area (Å²) in [7, 11) is 0. The van der Waals surface area contributed by atoms with Crippen LogP contribution in [0.2, 0.25) is 0 Å². The molecule has 0 amide bonds. The molecule has 2 unspecified atom stereocenters. The van der Waals surface area contributed by atoms with E-state index in [1.54, 1.807) is 0 Å². The smallest absolute Gasteiger partial charge is 0.380 e. The molecule has 0 aromatic carbocycles. The molecule has 2 N–H and O–H groups in total. The van der Waals surface area contributed by atoms with Gasteiger partial charge in [-0.3, -0.25) is 0 Å². The van der Waals surface area contributed by atoms with E-state index in [2.05, 4.69) is 5.32 Å². The van der Waals surface area contributed by atoms with Crippen LogP contribution in [0.15, 0.2) is 0 Å². The number of hydrogen-bond donors (Lipinski definition) is 2. The van der Waals surface area contributed by atoms with Gasteiger partial charge in [-0.1, -0.05) is 0 Å². The molecule has 0 aromatic rings. The Morgan fingerprint density at radius 2 is 1.93 bits per heavy atom. The van der Waals surface area contributed by atoms with Crippen molar-refractivity contribution >= 4 is 12.4 Å². The minimum Gasteiger partial charge on any atom is -0.380 e. The number of alkyl halides is 3. The molecule has 2 atom stereocenters. The van der Waals surface area contributed by atoms with E-state index in [0.717, 1.165) is 13.5 Å². The van der Waals surface area contributed by atoms with Gasteiger partial charge in [0, 0.05) is 12.5 Å². The molecule has 0 aliphatic carbocycles. The lowest BCUT2D eigenvalue weighted by atomic mass is 9.83. The molecule has 0 spiro atoms. The van der Waals surface area contributed by atoms with E-state index < -0.39 is 17.7 Å². The Hall–Kier alpha value is -0.0000000000000000555. The van der Waals surface area contributed by atoms with Crippen LogP contribution in [0.4, 0.5) is 13.2 Å². The molecule has 0 bridgehead atoms. The molecule has 0 saturated carbocycles. The maximum Gasteiger partial charge on any atom is 0.417 e. The topological polar surface area (TPSA) is 32.3 Å². The summed E-state index contributed by atoms with van der Waals surface area (Å²) in [4.78, 5) is 0. The Labute approximate surface area is 87.3 Å². The summed E-state index contributed by atoms with van der Waals surface area (Å²) in [5, 5.41) is 12.2. The molecule has 1 aliphatic heterocycles. The predicted octanol–water partition coefficient (Wildman–Crippen LogP) is 1.72. The van der Waals surface area contributed by atoms with Crippen LogP contribution in [-0.2, 0) is 0 Å². The summed E-state index contributed by atoms with van der Waals surface area (Å²) in [6.07, 6.45) is -3.41. The maximum atomic E-state index is 12.3. The average molecular weight is 234 g/mol. The highest BCUT2D eigenvalue weighted by atomic mass is 35.5. The largest absolute Gasteiger partial charge is 0.417 e. The first kappa shape index (κ1) is 14.0. The van der Waals surface area contributed by atoms with Crippen molar-refractivity contribution in [3.05, 3.63) is 0 Å². The van der Waals surface area contributed by atoms with Crippen molar-refractivity contribution in [1.82, 2.24) is 5.32 Å². The van der Waals surface area contributed by atoms with Crippen LogP contribution < -0.4 is 5.32 Å². The van der Waals surface area contributed by atoms with E-state index in [-0.39, 0.29) is 19.0 Å². The lowest BCUT2D eigenvalue weighted by Crippen LogP contribution is -2.53. The van der Waals surface area contributed by atoms with Crippen LogP contribution in [0.25, 0.3) is 0 Å². The van der Waals surface area contributed by atoms with E-state index in [1.807, 2.05) is 0 Å². The van der Waals surface area contributed by atoms with Crippen LogP contribution in [-0.4, -0.2) is 30.0 Å². The summed E-state index contributed by atoms with van der Waals surface area (Å²) in [5.41, 5.74) is -2.56. The molecule has 0 aromatic heterocycles. The fourth-order valence-electron chi connectivity index (χ4n) is 1.56. The van der Waals surface area contributed by atoms with Gasteiger partial charge in [-0.15, -0.1) is 12.4 Å². The Morgan fingerprint density at radius 3 is 2.29 bits per heavy atom. The van der Waals surface area contributed by atoms with Crippen molar-refractivity contribution in [2.45, 2.75) is 31.5 Å². The molecule has 6 heteroatoms. The molecule has 1 heterocycles. The van der Waals surface area contributed by atoms with Gasteiger partial charge >= 0.3 is 6.18 Å². The lowest BCUT2D eigenvalue weighted by Gasteiger charge is -2.37. The maximum absolute atomic E-state index is 12.3. The Morgan fingerprint density at radius 1 is 1.36 bits per heavy atom. The normalized spacial score (nSPS) is 27.6. The van der Waals surface area contributed by atoms with Crippen molar-refractivity contribution < 1.29 is 18.3 Å². The highest BCUT2D eigenvalue weighted by molar-refractivity contribution is 5.85. The zero-order chi connectivity index (χ0) is 10.1. The van der Waals surface area contributed by atoms with Crippen molar-refractivity contribution in [1.29, 1.82) is 0 Å². The van der Waals surface area contributed by atoms with Gasteiger partial charge in [-0.25, -0.2) is 0 Å². The van der Waals surface area contributed by atoms with Gasteiger partial charge in [-0.2, -0.15) is 13.2 Å². The van der Waals surface area contributed by atoms with Gasteiger partial charge in [0.25, 0.3) is 0 Å². The highest BCUT2D eigenvalue weighted by Gasteiger charge is 2.54. The molecule has 86 valence electrons. The quantitative estimate of drug-likeness (QED) is 0.723. The molecule has 0 radical (unpaired) electrons. The molecule has 1 rings (SSSR count). The number of nitrogens with one attached hydrogen (secondary N) is 1. The SMILES string of the molecule is CC(O)(C1CCCNC1)C(F)(F)F.Cl. The standard InChI is InChI=1S/C8H14F3NO.ClH/c1-7(13,8(9,10)11)6-3-2-4-12-5-6;/h6,12-13H,2-5H2,1H3;1H. The summed E-state index contributed by atoms with van der Waals surface area (Å²) >= 11 is 0. The zero-order valence-corrected chi connectivity index (χ0v) is 8.71. The zero-order valence-electron chi connectivity index (χ0n) is 7.90. The van der Waals surface area contributed by atoms with E-state index in [4.69, 9.17) is 0 Å². The first-order chi connectivity index (χ1) is 5.86. The van der Waals surface area contributed by atoms with Crippen molar-refractivity contribution in [3.63, 3.8) is 0 Å². The molecular weight excluding hydrogens is 219 g/mol. The number of hydrogen-bond acceptors (Lipinski definition) is 2. The van der Waals surface area contributed by atoms with Crippen molar-refractivity contribution in [2.75, 3.05) is 13.1 Å². The minimum atomic E-state index is -4.53. The first-order valence-corrected chi connectivity index (χ1v) is 4.35. The van der Waals surface area contributed by atoms with Crippen LogP contribution in [0.5, 0.6) is 0 Å². The van der Waals surface area contributed by atoms with Crippen LogP contribution in [0.3, 0.4) is 0 Å². The minimum absolute atomic E-state index is 0. The third kappa shape index (κ3) is 2.74. The van der Waals surface area contributed by atoms with E-state index in [0.29, 0.717) is 12.8 Å². The van der Waals surface area contributed by atoms with Gasteiger partial charge in [0.05, 0.1) is 0 Å². The molecule has 1 saturated heterocycles. The van der Waals surface area contributed by atoms with Gasteiger partial charge in [0.15, 0.2) is 5.60 Å². The van der Waals surface area contributed by atoms with E-state index in [1.165, 1.54) is 0 Å². The Kier molecular flexibility index (Phi) is 4.68. The second kappa shape index (κ2) is 4.68. The molecule has 2 nitrogen and oxygen atoms in total. The second-order valence-electron chi connectivity index (χ2n) is 3.69. The van der Waals surface area contributed by atoms with E-state index in [9.17, 15) is 18.3 Å². The predicted molar refractivity (Wildman–Crippen MR) is 49.5 cm³/mol. The monoisotopic (exact) mass is 233 g/mol. The Bertz CT molecular complexity index is 178. The molecular formula is C8H15ClF3NO. The van der Waals surface area contributed by atoms with Gasteiger partial charge in [0.1, 0.15) is 0 Å². The second-order valence-corrected chi connectivity index (χ2v) is 3.69. The molecule has 1 aliphatic rings. The number of piperidine rings is 1. The first-order valence-electron chi connectivity index (χ1n) is 4.35. The summed E-state index contributed by atoms with van der Waals surface area (Å²) in [6, 6.07) is 0. The van der Waals surface area contributed by atoms with Crippen LogP contribution in [0, 0.1) is 5.92 Å². The fraction of sp³-hybridized carbons (Fsp3) is 1.00. The number of aliphatic hydroxyl groups is 1. The summed E-state index contributed by atoms with van der Waals surface area (Å²) in [5.74, 6) is -0.721. The molecule has 14 heavy (non-hydrogen) atoms. The van der Waals surface area contributed by atoms with Gasteiger partial charge < -0.3 is 10.4 Å². The summed E-state index contributed by atoms with van der Waals surface area (Å²) < 4.78 is 37.0. The fourth-order valence-corrected chi connectivity index (χ4v) is 1.56. The third-order valence-corrected chi connectivity index (χ3v) is 2.67. The van der Waals surface area contributed by atoms with Crippen molar-refractivity contribution in [2.24, 2.45) is 5.92 Å².